The lowest BCUT2D eigenvalue weighted by atomic mass is 9.98. The molecule has 2 heterocycles. The molecule has 0 bridgehead atoms. The van der Waals surface area contributed by atoms with Crippen molar-refractivity contribution in [3.8, 4) is 16.9 Å². The van der Waals surface area contributed by atoms with Crippen LogP contribution in [-0.2, 0) is 11.0 Å². The van der Waals surface area contributed by atoms with Gasteiger partial charge < -0.3 is 20.1 Å². The van der Waals surface area contributed by atoms with Crippen LogP contribution in [0.15, 0.2) is 46.1 Å². The number of rotatable bonds is 10. The molecule has 0 atom stereocenters. The predicted octanol–water partition coefficient (Wildman–Crippen LogP) is 4.62. The summed E-state index contributed by atoms with van der Waals surface area (Å²) in [4.78, 5) is 32.9. The number of ketones is 1. The summed E-state index contributed by atoms with van der Waals surface area (Å²) in [5, 5.41) is 19.9. The van der Waals surface area contributed by atoms with Crippen LogP contribution in [0.1, 0.15) is 18.4 Å². The summed E-state index contributed by atoms with van der Waals surface area (Å²) in [6.45, 7) is 5.00. The number of carbonyl (C=O) groups excluding carboxylic acids is 1. The lowest BCUT2D eigenvalue weighted by Gasteiger charge is -2.34. The van der Waals surface area contributed by atoms with Gasteiger partial charge in [-0.05, 0) is 49.4 Å². The van der Waals surface area contributed by atoms with E-state index >= 15 is 0 Å². The molecule has 0 unspecified atom stereocenters. The number of fused-ring (bicyclic) bond motifs is 1. The van der Waals surface area contributed by atoms with Crippen molar-refractivity contribution < 1.29 is 28.2 Å². The minimum absolute atomic E-state index is 0.0350. The highest BCUT2D eigenvalue weighted by Crippen LogP contribution is 2.42. The van der Waals surface area contributed by atoms with Crippen LogP contribution in [0, 0.1) is 0 Å². The zero-order valence-electron chi connectivity index (χ0n) is 21.1. The summed E-state index contributed by atoms with van der Waals surface area (Å²) in [5.74, 6) is -0.397. The maximum atomic E-state index is 13.5. The van der Waals surface area contributed by atoms with Crippen molar-refractivity contribution in [3.63, 3.8) is 0 Å². The van der Waals surface area contributed by atoms with Crippen LogP contribution in [0.2, 0.25) is 5.02 Å². The molecule has 0 radical (unpaired) electrons. The molecule has 0 saturated carbocycles. The highest BCUT2D eigenvalue weighted by atomic mass is 35.5. The van der Waals surface area contributed by atoms with Gasteiger partial charge in [-0.2, -0.15) is 13.2 Å². The van der Waals surface area contributed by atoms with Crippen LogP contribution >= 0.6 is 23.4 Å². The zero-order chi connectivity index (χ0) is 28.2. The van der Waals surface area contributed by atoms with Gasteiger partial charge in [-0.25, -0.2) is 0 Å². The topological polar surface area (TPSA) is 96.9 Å². The smallest absolute Gasteiger partial charge is 0.416 e. The maximum Gasteiger partial charge on any atom is 0.416 e. The summed E-state index contributed by atoms with van der Waals surface area (Å²) in [5.41, 5.74) is -1.12. The molecule has 3 N–H and O–H groups in total. The van der Waals surface area contributed by atoms with E-state index in [0.717, 1.165) is 56.6 Å². The van der Waals surface area contributed by atoms with Gasteiger partial charge in [0, 0.05) is 66.2 Å². The Labute approximate surface area is 232 Å². The molecule has 7 nitrogen and oxygen atoms in total. The minimum atomic E-state index is -4.62. The van der Waals surface area contributed by atoms with Crippen LogP contribution in [0.25, 0.3) is 22.0 Å². The molecule has 4 rings (SSSR count). The average Bonchev–Trinajstić information content (AvgIpc) is 2.89. The molecule has 12 heteroatoms. The van der Waals surface area contributed by atoms with Crippen molar-refractivity contribution in [2.24, 2.45) is 0 Å². The van der Waals surface area contributed by atoms with E-state index in [1.165, 1.54) is 24.3 Å². The number of pyridine rings is 1. The number of H-pyrrole nitrogens is 1. The summed E-state index contributed by atoms with van der Waals surface area (Å²) in [6.07, 6.45) is -3.68. The molecule has 1 saturated heterocycles. The number of phenols is 1. The average molecular weight is 584 g/mol. The number of aliphatic hydroxyl groups is 1. The SMILES string of the molecule is O=C(CCCN1CCN(CCO)CC1)CSc1c(-c2cc(Cl)ccc2O)c2cc(C(F)(F)F)ccc2[nH]c1=O. The second kappa shape index (κ2) is 12.7. The number of hydrogen-bond donors (Lipinski definition) is 3. The standard InChI is InChI=1S/C27H29ClF3N3O4S/c28-18-4-6-23(37)21(15-18)24-20-14-17(27(29,30)31)3-5-22(20)32-26(38)25(24)39-16-19(36)2-1-7-33-8-10-34(11-9-33)12-13-35/h3-6,14-15,35,37H,1-2,7-13,16H2,(H,32,38). The van der Waals surface area contributed by atoms with E-state index in [0.29, 0.717) is 19.4 Å². The lowest BCUT2D eigenvalue weighted by molar-refractivity contribution is -0.137. The van der Waals surface area contributed by atoms with Crippen molar-refractivity contribution in [1.29, 1.82) is 0 Å². The first-order valence-corrected chi connectivity index (χ1v) is 13.9. The molecule has 1 aromatic heterocycles. The molecule has 39 heavy (non-hydrogen) atoms. The van der Waals surface area contributed by atoms with Crippen molar-refractivity contribution in [2.45, 2.75) is 23.9 Å². The number of benzene rings is 2. The third-order valence-electron chi connectivity index (χ3n) is 6.71. The molecule has 0 spiro atoms. The number of carbonyl (C=O) groups is 1. The summed E-state index contributed by atoms with van der Waals surface area (Å²) in [7, 11) is 0. The van der Waals surface area contributed by atoms with Crippen LogP contribution in [0.5, 0.6) is 5.75 Å². The highest BCUT2D eigenvalue weighted by Gasteiger charge is 2.31. The Balaban J connectivity index is 1.54. The Kier molecular flexibility index (Phi) is 9.60. The zero-order valence-corrected chi connectivity index (χ0v) is 22.6. The molecule has 0 aliphatic carbocycles. The van der Waals surface area contributed by atoms with E-state index < -0.39 is 17.3 Å². The number of thioether (sulfide) groups is 1. The summed E-state index contributed by atoms with van der Waals surface area (Å²) >= 11 is 7.07. The molecular formula is C27H29ClF3N3O4S. The van der Waals surface area contributed by atoms with E-state index in [4.69, 9.17) is 16.7 Å². The van der Waals surface area contributed by atoms with Crippen molar-refractivity contribution in [2.75, 3.05) is 51.6 Å². The van der Waals surface area contributed by atoms with Gasteiger partial charge in [0.25, 0.3) is 5.56 Å². The molecule has 1 aliphatic heterocycles. The third kappa shape index (κ3) is 7.34. The van der Waals surface area contributed by atoms with Crippen LogP contribution in [0.3, 0.4) is 0 Å². The fourth-order valence-corrected chi connectivity index (χ4v) is 5.84. The first-order chi connectivity index (χ1) is 18.6. The first-order valence-electron chi connectivity index (χ1n) is 12.5. The predicted molar refractivity (Wildman–Crippen MR) is 147 cm³/mol. The molecule has 210 valence electrons. The van der Waals surface area contributed by atoms with Gasteiger partial charge >= 0.3 is 6.18 Å². The number of aliphatic hydroxyl groups excluding tert-OH is 1. The number of nitrogens with zero attached hydrogens (tertiary/aromatic N) is 2. The number of Topliss-reactive ketones (excluding diaryl/α,β-unsaturated/α-hetero) is 1. The number of halogens is 4. The molecule has 3 aromatic rings. The molecule has 1 aliphatic rings. The Morgan fingerprint density at radius 3 is 2.41 bits per heavy atom. The second-order valence-electron chi connectivity index (χ2n) is 9.42. The van der Waals surface area contributed by atoms with Crippen molar-refractivity contribution in [1.82, 2.24) is 14.8 Å². The second-order valence-corrected chi connectivity index (χ2v) is 10.8. The van der Waals surface area contributed by atoms with E-state index in [-0.39, 0.29) is 55.8 Å². The van der Waals surface area contributed by atoms with E-state index in [1.807, 2.05) is 0 Å². The number of β-amino-alcohol motifs (C(OH)–C–C–N with tert-alkyl or cyclic N) is 1. The van der Waals surface area contributed by atoms with Gasteiger partial charge in [-0.3, -0.25) is 14.5 Å². The number of piperazine rings is 1. The Hall–Kier alpha value is -2.57. The van der Waals surface area contributed by atoms with Gasteiger partial charge in [0.2, 0.25) is 0 Å². The quantitative estimate of drug-likeness (QED) is 0.300. The number of phenolic OH excluding ortho intramolecular Hbond substituents is 1. The molecule has 1 fully saturated rings. The summed E-state index contributed by atoms with van der Waals surface area (Å²) in [6, 6.07) is 7.10. The van der Waals surface area contributed by atoms with Crippen LogP contribution in [0.4, 0.5) is 13.2 Å². The molecular weight excluding hydrogens is 555 g/mol. The maximum absolute atomic E-state index is 13.5. The van der Waals surface area contributed by atoms with Gasteiger partial charge in [0.05, 0.1) is 22.8 Å². The fourth-order valence-electron chi connectivity index (χ4n) is 4.67. The largest absolute Gasteiger partial charge is 0.507 e. The van der Waals surface area contributed by atoms with Crippen molar-refractivity contribution >= 4 is 40.0 Å². The number of aromatic amines is 1. The van der Waals surface area contributed by atoms with Crippen LogP contribution in [-0.4, -0.2) is 82.4 Å². The van der Waals surface area contributed by atoms with Gasteiger partial charge in [0.1, 0.15) is 11.5 Å². The molecule has 2 aromatic carbocycles. The van der Waals surface area contributed by atoms with E-state index in [9.17, 15) is 27.9 Å². The number of hydrogen-bond acceptors (Lipinski definition) is 7. The number of aromatic hydroxyl groups is 1. The number of aromatic nitrogens is 1. The first kappa shape index (κ1) is 29.4. The normalized spacial score (nSPS) is 15.2. The minimum Gasteiger partial charge on any atom is -0.507 e. The third-order valence-corrected chi connectivity index (χ3v) is 8.09. The highest BCUT2D eigenvalue weighted by molar-refractivity contribution is 8.00. The van der Waals surface area contributed by atoms with Crippen LogP contribution < -0.4 is 5.56 Å². The Bertz CT molecular complexity index is 1390. The summed E-state index contributed by atoms with van der Waals surface area (Å²) < 4.78 is 40.6. The lowest BCUT2D eigenvalue weighted by Crippen LogP contribution is -2.47. The van der Waals surface area contributed by atoms with Gasteiger partial charge in [-0.15, -0.1) is 11.8 Å². The Morgan fingerprint density at radius 1 is 1.05 bits per heavy atom. The number of nitrogens with one attached hydrogen (secondary N) is 1. The monoisotopic (exact) mass is 583 g/mol. The van der Waals surface area contributed by atoms with E-state index in [1.54, 1.807) is 0 Å². The van der Waals surface area contributed by atoms with Crippen molar-refractivity contribution in [3.05, 3.63) is 57.3 Å². The van der Waals surface area contributed by atoms with Gasteiger partial charge in [-0.1, -0.05) is 11.6 Å². The fraction of sp³-hybridized carbons (Fsp3) is 0.407. The van der Waals surface area contributed by atoms with E-state index in [2.05, 4.69) is 14.8 Å². The Morgan fingerprint density at radius 2 is 1.74 bits per heavy atom. The van der Waals surface area contributed by atoms with Gasteiger partial charge in [0.15, 0.2) is 0 Å². The molecule has 0 amide bonds. The number of alkyl halides is 3.